The molecule has 0 aromatic heterocycles. The number of alkyl halides is 3. The van der Waals surface area contributed by atoms with Crippen LogP contribution in [0.4, 0.5) is 17.6 Å². The maximum atomic E-state index is 13.5. The lowest BCUT2D eigenvalue weighted by Crippen LogP contribution is -2.53. The van der Waals surface area contributed by atoms with Crippen LogP contribution in [0.15, 0.2) is 54.6 Å². The molecular weight excluding hydrogens is 484 g/mol. The molecule has 1 saturated heterocycles. The number of amides is 3. The summed E-state index contributed by atoms with van der Waals surface area (Å²) in [6, 6.07) is 10.2. The molecule has 0 unspecified atom stereocenters. The van der Waals surface area contributed by atoms with E-state index in [1.165, 1.54) is 4.90 Å². The first-order valence-corrected chi connectivity index (χ1v) is 10.8. The number of carbonyl (C=O) groups excluding carboxylic acids is 3. The van der Waals surface area contributed by atoms with Gasteiger partial charge < -0.3 is 20.2 Å². The van der Waals surface area contributed by atoms with Crippen molar-refractivity contribution >= 4 is 29.2 Å². The zero-order valence-electron chi connectivity index (χ0n) is 18.9. The second-order valence-corrected chi connectivity index (χ2v) is 7.88. The fourth-order valence-electron chi connectivity index (χ4n) is 3.54. The summed E-state index contributed by atoms with van der Waals surface area (Å²) in [4.78, 5) is 39.6. The van der Waals surface area contributed by atoms with Crippen LogP contribution in [0.3, 0.4) is 0 Å². The highest BCUT2D eigenvalue weighted by Gasteiger charge is 2.37. The van der Waals surface area contributed by atoms with Gasteiger partial charge in [-0.05, 0) is 30.3 Å². The molecule has 1 heterocycles. The predicted molar refractivity (Wildman–Crippen MR) is 123 cm³/mol. The molecule has 2 aromatic carbocycles. The average Bonchev–Trinajstić information content (AvgIpc) is 2.86. The van der Waals surface area contributed by atoms with Gasteiger partial charge in [0.1, 0.15) is 11.5 Å². The van der Waals surface area contributed by atoms with Crippen LogP contribution in [-0.4, -0.2) is 71.1 Å². The highest BCUT2D eigenvalue weighted by Crippen LogP contribution is 2.33. The maximum Gasteiger partial charge on any atom is 0.417 e. The Morgan fingerprint density at radius 3 is 2.22 bits per heavy atom. The summed E-state index contributed by atoms with van der Waals surface area (Å²) in [5.41, 5.74) is -2.04. The van der Waals surface area contributed by atoms with Crippen molar-refractivity contribution in [3.8, 4) is 0 Å². The number of hydrogen-bond donors (Lipinski definition) is 2. The number of nitrogens with zero attached hydrogens (tertiary/aromatic N) is 2. The molecule has 2 aromatic rings. The van der Waals surface area contributed by atoms with Crippen LogP contribution in [0.25, 0.3) is 5.76 Å². The Bertz CT molecular complexity index is 1190. The van der Waals surface area contributed by atoms with Crippen molar-refractivity contribution in [2.75, 3.05) is 32.7 Å². The van der Waals surface area contributed by atoms with Crippen LogP contribution in [0, 0.1) is 11.2 Å². The summed E-state index contributed by atoms with van der Waals surface area (Å²) in [7, 11) is 0. The fourth-order valence-corrected chi connectivity index (χ4v) is 3.54. The van der Waals surface area contributed by atoms with E-state index < -0.39 is 53.1 Å². The Kier molecular flexibility index (Phi) is 8.07. The topological polar surface area (TPSA) is 116 Å². The molecule has 0 spiro atoms. The molecule has 1 aliphatic heterocycles. The second kappa shape index (κ2) is 11.0. The number of halogens is 4. The van der Waals surface area contributed by atoms with Crippen molar-refractivity contribution < 1.29 is 37.1 Å². The zero-order valence-corrected chi connectivity index (χ0v) is 18.9. The van der Waals surface area contributed by atoms with Gasteiger partial charge >= 0.3 is 6.18 Å². The van der Waals surface area contributed by atoms with E-state index in [0.29, 0.717) is 23.8 Å². The van der Waals surface area contributed by atoms with Crippen LogP contribution >= 0.6 is 0 Å². The van der Waals surface area contributed by atoms with Crippen molar-refractivity contribution in [1.82, 2.24) is 15.1 Å². The molecule has 0 bridgehead atoms. The number of rotatable bonds is 6. The lowest BCUT2D eigenvalue weighted by molar-refractivity contribution is -0.138. The minimum atomic E-state index is -4.83. The van der Waals surface area contributed by atoms with Crippen molar-refractivity contribution in [1.29, 1.82) is 5.41 Å². The van der Waals surface area contributed by atoms with Crippen molar-refractivity contribution in [3.05, 3.63) is 77.1 Å². The van der Waals surface area contributed by atoms with Gasteiger partial charge in [-0.2, -0.15) is 13.2 Å². The summed E-state index contributed by atoms with van der Waals surface area (Å²) in [5, 5.41) is 18.0. The number of carbonyl (C=O) groups is 3. The third kappa shape index (κ3) is 6.46. The van der Waals surface area contributed by atoms with Gasteiger partial charge in [0.2, 0.25) is 5.91 Å². The molecule has 12 heteroatoms. The minimum absolute atomic E-state index is 0.000659. The molecule has 3 amide bonds. The zero-order chi connectivity index (χ0) is 26.5. The van der Waals surface area contributed by atoms with E-state index >= 15 is 0 Å². The highest BCUT2D eigenvalue weighted by atomic mass is 19.4. The number of piperazine rings is 1. The van der Waals surface area contributed by atoms with E-state index in [4.69, 9.17) is 10.5 Å². The Morgan fingerprint density at radius 2 is 1.61 bits per heavy atom. The van der Waals surface area contributed by atoms with Crippen molar-refractivity contribution in [2.45, 2.75) is 6.18 Å². The quantitative estimate of drug-likeness (QED) is 0.270. The largest absolute Gasteiger partial charge is 0.593 e. The normalized spacial score (nSPS) is 14.4. The monoisotopic (exact) mass is 507 g/mol. The molecule has 36 heavy (non-hydrogen) atoms. The number of hydrogen-bond acceptors (Lipinski definition) is 4. The van der Waals surface area contributed by atoms with Crippen LogP contribution in [0.5, 0.6) is 0 Å². The second-order valence-electron chi connectivity index (χ2n) is 7.88. The predicted octanol–water partition coefficient (Wildman–Crippen LogP) is 2.03. The van der Waals surface area contributed by atoms with Crippen molar-refractivity contribution in [2.24, 2.45) is 0 Å². The third-order valence-electron chi connectivity index (χ3n) is 5.46. The Balaban J connectivity index is 1.53. The third-order valence-corrected chi connectivity index (χ3v) is 5.46. The molecule has 3 rings (SSSR count). The molecular formula is C24H23F4N4O4+. The van der Waals surface area contributed by atoms with E-state index in [0.717, 1.165) is 11.0 Å². The first kappa shape index (κ1) is 26.4. The smallest absolute Gasteiger partial charge is 0.417 e. The molecule has 0 saturated carbocycles. The number of benzene rings is 2. The molecule has 1 fully saturated rings. The van der Waals surface area contributed by atoms with Crippen LogP contribution in [0.1, 0.15) is 21.5 Å². The van der Waals surface area contributed by atoms with E-state index in [9.17, 15) is 31.9 Å². The van der Waals surface area contributed by atoms with Gasteiger partial charge in [0.15, 0.2) is 0 Å². The van der Waals surface area contributed by atoms with E-state index in [1.807, 2.05) is 0 Å². The van der Waals surface area contributed by atoms with E-state index in [1.54, 1.807) is 30.3 Å². The molecule has 1 aliphatic rings. The minimum Gasteiger partial charge on any atom is -0.593 e. The Morgan fingerprint density at radius 1 is 1.00 bits per heavy atom. The van der Waals surface area contributed by atoms with E-state index in [2.05, 4.69) is 5.32 Å². The maximum absolute atomic E-state index is 13.5. The van der Waals surface area contributed by atoms with E-state index in [-0.39, 0.29) is 31.9 Å². The first-order valence-electron chi connectivity index (χ1n) is 10.8. The van der Waals surface area contributed by atoms with Gasteiger partial charge in [0.05, 0.1) is 29.3 Å². The molecule has 0 atom stereocenters. The lowest BCUT2D eigenvalue weighted by atomic mass is 10.0. The van der Waals surface area contributed by atoms with Crippen LogP contribution < -0.4 is 5.32 Å². The fraction of sp³-hybridized carbons (Fsp3) is 0.250. The molecule has 4 N–H and O–H groups in total. The van der Waals surface area contributed by atoms with Crippen LogP contribution in [0.2, 0.25) is 0 Å². The molecule has 0 radical (unpaired) electrons. The van der Waals surface area contributed by atoms with Gasteiger partial charge in [-0.1, -0.05) is 18.2 Å². The standard InChI is InChI=1S/C24H22F4N4O4/c25-16-6-7-18(24(26,27)28)17(12-16)23(36)32-10-8-31(9-11-32)21(34)14-30-22(35)19(29)13-20(33)15-4-2-1-3-5-15/h1-7,12-13,29,33H,8-11,14H2,(H,30,35)/p+1/b20-13-,29-19?. The van der Waals surface area contributed by atoms with Crippen molar-refractivity contribution in [3.63, 3.8) is 0 Å². The van der Waals surface area contributed by atoms with Gasteiger partial charge in [-0.3, -0.25) is 19.8 Å². The SMILES string of the molecule is N=C(/C=C(\[OH2+])c1ccccc1)C(=O)NCC(=O)N1CCN(C(=O)c2cc(F)ccc2C(F)(F)F)CC1. The summed E-state index contributed by atoms with van der Waals surface area (Å²) < 4.78 is 53.2. The first-order chi connectivity index (χ1) is 17.0. The Hall–Kier alpha value is -4.22. The lowest BCUT2D eigenvalue weighted by Gasteiger charge is -2.35. The molecule has 8 nitrogen and oxygen atoms in total. The summed E-state index contributed by atoms with van der Waals surface area (Å²) in [6.45, 7) is -0.600. The van der Waals surface area contributed by atoms with Crippen LogP contribution in [-0.2, 0) is 15.8 Å². The van der Waals surface area contributed by atoms with Gasteiger partial charge in [0.25, 0.3) is 17.6 Å². The van der Waals surface area contributed by atoms with Gasteiger partial charge in [-0.15, -0.1) is 0 Å². The average molecular weight is 507 g/mol. The number of nitrogens with one attached hydrogen (secondary N) is 2. The van der Waals surface area contributed by atoms with Gasteiger partial charge in [0, 0.05) is 26.2 Å². The molecule has 0 aliphatic carbocycles. The van der Waals surface area contributed by atoms with Gasteiger partial charge in [-0.25, -0.2) is 4.39 Å². The summed E-state index contributed by atoms with van der Waals surface area (Å²) >= 11 is 0. The summed E-state index contributed by atoms with van der Waals surface area (Å²) in [5.74, 6) is -3.38. The Labute approximate surface area is 203 Å². The highest BCUT2D eigenvalue weighted by molar-refractivity contribution is 6.43. The molecule has 190 valence electrons. The summed E-state index contributed by atoms with van der Waals surface area (Å²) in [6.07, 6.45) is -3.78.